The molecule has 0 aromatic rings. The molecule has 0 aliphatic heterocycles. The summed E-state index contributed by atoms with van der Waals surface area (Å²) >= 11 is 0. The third-order valence-electron chi connectivity index (χ3n) is 2.07. The molecule has 0 aromatic heterocycles. The van der Waals surface area contributed by atoms with Crippen LogP contribution in [0.1, 0.15) is 13.3 Å². The van der Waals surface area contributed by atoms with E-state index in [1.165, 1.54) is 0 Å². The maximum atomic E-state index is 13.4. The maximum Gasteiger partial charge on any atom is 0.416 e. The summed E-state index contributed by atoms with van der Waals surface area (Å²) in [7, 11) is 0. The predicted octanol–water partition coefficient (Wildman–Crippen LogP) is 2.73. The minimum Gasteiger partial charge on any atom is -0.298 e. The highest BCUT2D eigenvalue weighted by Gasteiger charge is 2.38. The molecule has 0 saturated carbocycles. The standard InChI is InChI=1S/C9H8F4O/c1-8(10)3-2-6(9(11,12)13)4-7(8)5-14/h2,4-5H,3H2,1H3. The fourth-order valence-corrected chi connectivity index (χ4v) is 1.15. The second kappa shape index (κ2) is 3.22. The van der Waals surface area contributed by atoms with Crippen molar-refractivity contribution in [3.05, 3.63) is 23.3 Å². The number of carbonyl (C=O) groups is 1. The summed E-state index contributed by atoms with van der Waals surface area (Å²) in [4.78, 5) is 10.3. The molecule has 0 heterocycles. The van der Waals surface area contributed by atoms with Gasteiger partial charge in [0.2, 0.25) is 0 Å². The Hall–Kier alpha value is -1.13. The molecule has 0 spiro atoms. The highest BCUT2D eigenvalue weighted by Crippen LogP contribution is 2.36. The van der Waals surface area contributed by atoms with Crippen molar-refractivity contribution in [2.24, 2.45) is 0 Å². The minimum atomic E-state index is -4.52. The first-order valence-corrected chi connectivity index (χ1v) is 3.91. The van der Waals surface area contributed by atoms with Crippen molar-refractivity contribution in [1.82, 2.24) is 0 Å². The van der Waals surface area contributed by atoms with Crippen molar-refractivity contribution in [2.75, 3.05) is 0 Å². The second-order valence-corrected chi connectivity index (χ2v) is 3.28. The third kappa shape index (κ3) is 2.02. The number of rotatable bonds is 1. The normalized spacial score (nSPS) is 28.1. The third-order valence-corrected chi connectivity index (χ3v) is 2.07. The summed E-state index contributed by atoms with van der Waals surface area (Å²) in [5, 5.41) is 0. The van der Waals surface area contributed by atoms with E-state index in [1.54, 1.807) is 0 Å². The van der Waals surface area contributed by atoms with Crippen LogP contribution >= 0.6 is 0 Å². The molecule has 0 bridgehead atoms. The van der Waals surface area contributed by atoms with E-state index in [2.05, 4.69) is 0 Å². The Balaban J connectivity index is 3.05. The van der Waals surface area contributed by atoms with Gasteiger partial charge >= 0.3 is 6.18 Å². The zero-order valence-electron chi connectivity index (χ0n) is 7.36. The van der Waals surface area contributed by atoms with Gasteiger partial charge in [0.05, 0.1) is 5.57 Å². The van der Waals surface area contributed by atoms with Crippen LogP contribution in [0.25, 0.3) is 0 Å². The zero-order chi connectivity index (χ0) is 11.0. The van der Waals surface area contributed by atoms with E-state index in [1.807, 2.05) is 0 Å². The largest absolute Gasteiger partial charge is 0.416 e. The molecule has 0 saturated heterocycles. The number of hydrogen-bond donors (Lipinski definition) is 0. The van der Waals surface area contributed by atoms with Crippen LogP contribution in [-0.4, -0.2) is 18.1 Å². The van der Waals surface area contributed by atoms with Crippen LogP contribution in [0.3, 0.4) is 0 Å². The molecule has 0 radical (unpaired) electrons. The van der Waals surface area contributed by atoms with E-state index in [9.17, 15) is 22.4 Å². The Kier molecular flexibility index (Phi) is 2.52. The van der Waals surface area contributed by atoms with Gasteiger partial charge in [0, 0.05) is 12.0 Å². The lowest BCUT2D eigenvalue weighted by Gasteiger charge is -2.24. The highest BCUT2D eigenvalue weighted by molar-refractivity contribution is 5.78. The fraction of sp³-hybridized carbons (Fsp3) is 0.444. The summed E-state index contributed by atoms with van der Waals surface area (Å²) in [6, 6.07) is 0. The van der Waals surface area contributed by atoms with E-state index < -0.39 is 29.4 Å². The van der Waals surface area contributed by atoms with E-state index in [4.69, 9.17) is 0 Å². The molecule has 1 nitrogen and oxygen atoms in total. The summed E-state index contributed by atoms with van der Waals surface area (Å²) in [5.74, 6) is 0. The topological polar surface area (TPSA) is 17.1 Å². The average Bonchev–Trinajstić information content (AvgIpc) is 2.01. The molecular weight excluding hydrogens is 200 g/mol. The summed E-state index contributed by atoms with van der Waals surface area (Å²) in [5.41, 5.74) is -3.42. The van der Waals surface area contributed by atoms with Crippen molar-refractivity contribution in [2.45, 2.75) is 25.2 Å². The van der Waals surface area contributed by atoms with Gasteiger partial charge in [-0.25, -0.2) is 4.39 Å². The Morgan fingerprint density at radius 2 is 2.07 bits per heavy atom. The number of alkyl halides is 4. The monoisotopic (exact) mass is 208 g/mol. The van der Waals surface area contributed by atoms with Crippen LogP contribution in [0.15, 0.2) is 23.3 Å². The first-order chi connectivity index (χ1) is 6.27. The summed E-state index contributed by atoms with van der Waals surface area (Å²) in [6.45, 7) is 1.08. The van der Waals surface area contributed by atoms with E-state index in [0.29, 0.717) is 6.08 Å². The lowest BCUT2D eigenvalue weighted by molar-refractivity contribution is -0.106. The lowest BCUT2D eigenvalue weighted by Crippen LogP contribution is -2.26. The SMILES string of the molecule is CC1(F)CC=C(C(F)(F)F)C=C1C=O. The number of allylic oxidation sites excluding steroid dienone is 4. The van der Waals surface area contributed by atoms with Crippen molar-refractivity contribution in [3.8, 4) is 0 Å². The molecule has 1 aliphatic carbocycles. The van der Waals surface area contributed by atoms with Gasteiger partial charge in [0.25, 0.3) is 0 Å². The van der Waals surface area contributed by atoms with E-state index in [-0.39, 0.29) is 6.29 Å². The van der Waals surface area contributed by atoms with Gasteiger partial charge in [-0.1, -0.05) is 6.08 Å². The van der Waals surface area contributed by atoms with Crippen molar-refractivity contribution in [1.29, 1.82) is 0 Å². The first-order valence-electron chi connectivity index (χ1n) is 3.91. The zero-order valence-corrected chi connectivity index (χ0v) is 7.36. The molecule has 5 heteroatoms. The van der Waals surface area contributed by atoms with Gasteiger partial charge in [-0.05, 0) is 13.0 Å². The molecule has 1 atom stereocenters. The van der Waals surface area contributed by atoms with Crippen molar-refractivity contribution < 1.29 is 22.4 Å². The van der Waals surface area contributed by atoms with Gasteiger partial charge < -0.3 is 0 Å². The van der Waals surface area contributed by atoms with E-state index in [0.717, 1.165) is 13.0 Å². The number of aldehydes is 1. The number of hydrogen-bond acceptors (Lipinski definition) is 1. The number of carbonyl (C=O) groups excluding carboxylic acids is 1. The molecule has 0 amide bonds. The average molecular weight is 208 g/mol. The molecule has 1 unspecified atom stereocenters. The fourth-order valence-electron chi connectivity index (χ4n) is 1.15. The molecule has 14 heavy (non-hydrogen) atoms. The summed E-state index contributed by atoms with van der Waals surface area (Å²) < 4.78 is 49.8. The van der Waals surface area contributed by atoms with Crippen LogP contribution in [-0.2, 0) is 4.79 Å². The second-order valence-electron chi connectivity index (χ2n) is 3.28. The molecule has 78 valence electrons. The van der Waals surface area contributed by atoms with Gasteiger partial charge in [0.15, 0.2) is 0 Å². The molecular formula is C9H8F4O. The molecule has 1 rings (SSSR count). The van der Waals surface area contributed by atoms with Crippen molar-refractivity contribution in [3.63, 3.8) is 0 Å². The van der Waals surface area contributed by atoms with Crippen LogP contribution in [0, 0.1) is 0 Å². The molecule has 0 fully saturated rings. The minimum absolute atomic E-state index is 0.124. The highest BCUT2D eigenvalue weighted by atomic mass is 19.4. The Labute approximate surface area is 78.1 Å². The number of halogens is 4. The van der Waals surface area contributed by atoms with Crippen LogP contribution in [0.4, 0.5) is 17.6 Å². The predicted molar refractivity (Wildman–Crippen MR) is 42.4 cm³/mol. The van der Waals surface area contributed by atoms with Crippen LogP contribution in [0.2, 0.25) is 0 Å². The van der Waals surface area contributed by atoms with Gasteiger partial charge in [-0.15, -0.1) is 0 Å². The van der Waals surface area contributed by atoms with Crippen molar-refractivity contribution >= 4 is 6.29 Å². The Morgan fingerprint density at radius 1 is 1.50 bits per heavy atom. The van der Waals surface area contributed by atoms with Crippen LogP contribution < -0.4 is 0 Å². The van der Waals surface area contributed by atoms with Gasteiger partial charge in [-0.2, -0.15) is 13.2 Å². The van der Waals surface area contributed by atoms with Gasteiger partial charge in [-0.3, -0.25) is 4.79 Å². The molecule has 0 N–H and O–H groups in total. The van der Waals surface area contributed by atoms with E-state index >= 15 is 0 Å². The molecule has 0 aromatic carbocycles. The maximum absolute atomic E-state index is 13.4. The van der Waals surface area contributed by atoms with Crippen LogP contribution in [0.5, 0.6) is 0 Å². The molecule has 1 aliphatic rings. The smallest absolute Gasteiger partial charge is 0.298 e. The Morgan fingerprint density at radius 3 is 2.50 bits per heavy atom. The summed E-state index contributed by atoms with van der Waals surface area (Å²) in [6.07, 6.45) is -3.51. The quantitative estimate of drug-likeness (QED) is 0.478. The Bertz CT molecular complexity index is 309. The first kappa shape index (κ1) is 10.9. The lowest BCUT2D eigenvalue weighted by atomic mass is 9.88. The van der Waals surface area contributed by atoms with Gasteiger partial charge in [0.1, 0.15) is 12.0 Å².